The van der Waals surface area contributed by atoms with E-state index in [9.17, 15) is 4.79 Å². The summed E-state index contributed by atoms with van der Waals surface area (Å²) < 4.78 is 10.6. The van der Waals surface area contributed by atoms with Gasteiger partial charge in [-0.25, -0.2) is 9.78 Å². The molecule has 0 aliphatic carbocycles. The number of aromatic nitrogens is 1. The van der Waals surface area contributed by atoms with Crippen molar-refractivity contribution in [3.63, 3.8) is 0 Å². The van der Waals surface area contributed by atoms with Crippen molar-refractivity contribution in [1.29, 1.82) is 0 Å². The summed E-state index contributed by atoms with van der Waals surface area (Å²) in [4.78, 5) is 15.7. The van der Waals surface area contributed by atoms with Gasteiger partial charge in [0.05, 0.1) is 12.2 Å². The first kappa shape index (κ1) is 17.5. The molecule has 0 radical (unpaired) electrons. The lowest BCUT2D eigenvalue weighted by atomic mass is 10.2. The Morgan fingerprint density at radius 3 is 2.42 bits per heavy atom. The number of nitrogens with one attached hydrogen (secondary N) is 1. The van der Waals surface area contributed by atoms with Crippen molar-refractivity contribution < 1.29 is 14.3 Å². The average Bonchev–Trinajstić information content (AvgIpc) is 2.69. The smallest absolute Gasteiger partial charge is 0.339 e. The molecule has 3 rings (SSSR count). The molecule has 0 aliphatic heterocycles. The number of esters is 1. The summed E-state index contributed by atoms with van der Waals surface area (Å²) in [6.45, 7) is 2.83. The maximum absolute atomic E-state index is 11.6. The number of nitrogens with zero attached hydrogens (tertiary/aromatic N) is 1. The number of rotatable bonds is 7. The predicted octanol–water partition coefficient (Wildman–Crippen LogP) is 4.66. The highest BCUT2D eigenvalue weighted by Gasteiger charge is 2.07. The zero-order valence-electron chi connectivity index (χ0n) is 14.5. The van der Waals surface area contributed by atoms with E-state index in [-0.39, 0.29) is 5.97 Å². The van der Waals surface area contributed by atoms with Crippen LogP contribution in [-0.4, -0.2) is 17.6 Å². The Balaban J connectivity index is 1.56. The quantitative estimate of drug-likeness (QED) is 0.629. The van der Waals surface area contributed by atoms with Crippen LogP contribution in [0, 0.1) is 0 Å². The van der Waals surface area contributed by atoms with E-state index in [1.54, 1.807) is 19.1 Å². The molecule has 0 fully saturated rings. The van der Waals surface area contributed by atoms with Crippen LogP contribution in [0.5, 0.6) is 11.6 Å². The second kappa shape index (κ2) is 8.67. The Bertz CT molecular complexity index is 831. The van der Waals surface area contributed by atoms with Gasteiger partial charge in [-0.2, -0.15) is 0 Å². The third-order valence-corrected chi connectivity index (χ3v) is 3.66. The van der Waals surface area contributed by atoms with Crippen LogP contribution in [0.15, 0.2) is 72.9 Å². The zero-order chi connectivity index (χ0) is 18.2. The SMILES string of the molecule is CCOC(=O)c1ccc(Oc2ccc(CNc3ccccc3)cc2)nc1. The van der Waals surface area contributed by atoms with Crippen LogP contribution in [0.3, 0.4) is 0 Å². The molecule has 5 heteroatoms. The molecule has 5 nitrogen and oxygen atoms in total. The molecule has 26 heavy (non-hydrogen) atoms. The average molecular weight is 348 g/mol. The van der Waals surface area contributed by atoms with E-state index < -0.39 is 0 Å². The maximum atomic E-state index is 11.6. The van der Waals surface area contributed by atoms with E-state index in [1.165, 1.54) is 6.20 Å². The predicted molar refractivity (Wildman–Crippen MR) is 100 cm³/mol. The fourth-order valence-electron chi connectivity index (χ4n) is 2.33. The minimum absolute atomic E-state index is 0.336. The van der Waals surface area contributed by atoms with E-state index in [0.717, 1.165) is 17.8 Å². The monoisotopic (exact) mass is 348 g/mol. The van der Waals surface area contributed by atoms with Gasteiger partial charge in [0, 0.05) is 24.5 Å². The van der Waals surface area contributed by atoms with Crippen molar-refractivity contribution in [1.82, 2.24) is 4.98 Å². The minimum Gasteiger partial charge on any atom is -0.462 e. The van der Waals surface area contributed by atoms with Crippen LogP contribution in [0.25, 0.3) is 0 Å². The van der Waals surface area contributed by atoms with Gasteiger partial charge in [-0.3, -0.25) is 0 Å². The number of carbonyl (C=O) groups excluding carboxylic acids is 1. The first-order chi connectivity index (χ1) is 12.7. The first-order valence-corrected chi connectivity index (χ1v) is 8.43. The molecule has 0 amide bonds. The number of hydrogen-bond acceptors (Lipinski definition) is 5. The summed E-state index contributed by atoms with van der Waals surface area (Å²) in [5, 5.41) is 3.36. The number of benzene rings is 2. The van der Waals surface area contributed by atoms with Crippen LogP contribution in [0.1, 0.15) is 22.8 Å². The lowest BCUT2D eigenvalue weighted by Gasteiger charge is -2.08. The van der Waals surface area contributed by atoms with Crippen molar-refractivity contribution in [2.24, 2.45) is 0 Å². The van der Waals surface area contributed by atoms with Gasteiger partial charge in [-0.05, 0) is 42.8 Å². The normalized spacial score (nSPS) is 10.2. The third kappa shape index (κ3) is 4.83. The number of carbonyl (C=O) groups is 1. The Labute approximate surface area is 152 Å². The number of anilines is 1. The van der Waals surface area contributed by atoms with Crippen molar-refractivity contribution in [2.75, 3.05) is 11.9 Å². The fraction of sp³-hybridized carbons (Fsp3) is 0.143. The van der Waals surface area contributed by atoms with E-state index in [4.69, 9.17) is 9.47 Å². The highest BCUT2D eigenvalue weighted by molar-refractivity contribution is 5.89. The lowest BCUT2D eigenvalue weighted by molar-refractivity contribution is 0.0526. The van der Waals surface area contributed by atoms with Gasteiger partial charge in [-0.15, -0.1) is 0 Å². The molecule has 3 aromatic rings. The van der Waals surface area contributed by atoms with E-state index in [1.807, 2.05) is 54.6 Å². The van der Waals surface area contributed by atoms with Crippen LogP contribution < -0.4 is 10.1 Å². The molecular formula is C21H20N2O3. The van der Waals surface area contributed by atoms with Gasteiger partial charge in [-0.1, -0.05) is 30.3 Å². The molecule has 2 aromatic carbocycles. The molecule has 0 saturated carbocycles. The molecule has 1 heterocycles. The molecule has 132 valence electrons. The topological polar surface area (TPSA) is 60.5 Å². The van der Waals surface area contributed by atoms with Crippen molar-refractivity contribution in [2.45, 2.75) is 13.5 Å². The van der Waals surface area contributed by atoms with E-state index in [0.29, 0.717) is 23.8 Å². The van der Waals surface area contributed by atoms with Crippen LogP contribution in [-0.2, 0) is 11.3 Å². The second-order valence-electron chi connectivity index (χ2n) is 5.57. The zero-order valence-corrected chi connectivity index (χ0v) is 14.5. The van der Waals surface area contributed by atoms with Crippen molar-refractivity contribution in [3.8, 4) is 11.6 Å². The summed E-state index contributed by atoms with van der Waals surface area (Å²) >= 11 is 0. The molecule has 1 N–H and O–H groups in total. The maximum Gasteiger partial charge on any atom is 0.339 e. The van der Waals surface area contributed by atoms with Gasteiger partial charge < -0.3 is 14.8 Å². The summed E-state index contributed by atoms with van der Waals surface area (Å²) in [6, 6.07) is 21.1. The molecule has 0 aliphatic rings. The first-order valence-electron chi connectivity index (χ1n) is 8.43. The summed E-state index contributed by atoms with van der Waals surface area (Å²) in [6.07, 6.45) is 1.45. The number of pyridine rings is 1. The van der Waals surface area contributed by atoms with Gasteiger partial charge >= 0.3 is 5.97 Å². The van der Waals surface area contributed by atoms with Gasteiger partial charge in [0.2, 0.25) is 5.88 Å². The van der Waals surface area contributed by atoms with E-state index >= 15 is 0 Å². The van der Waals surface area contributed by atoms with Gasteiger partial charge in [0.1, 0.15) is 5.75 Å². The second-order valence-corrected chi connectivity index (χ2v) is 5.57. The van der Waals surface area contributed by atoms with Crippen LogP contribution in [0.2, 0.25) is 0 Å². The summed E-state index contributed by atoms with van der Waals surface area (Å²) in [5.74, 6) is 0.722. The molecule has 0 spiro atoms. The Kier molecular flexibility index (Phi) is 5.83. The molecular weight excluding hydrogens is 328 g/mol. The molecule has 1 aromatic heterocycles. The number of hydrogen-bond donors (Lipinski definition) is 1. The highest BCUT2D eigenvalue weighted by Crippen LogP contribution is 2.20. The van der Waals surface area contributed by atoms with Crippen molar-refractivity contribution >= 4 is 11.7 Å². The molecule has 0 atom stereocenters. The largest absolute Gasteiger partial charge is 0.462 e. The molecule has 0 bridgehead atoms. The Morgan fingerprint density at radius 2 is 1.77 bits per heavy atom. The Morgan fingerprint density at radius 1 is 1.00 bits per heavy atom. The summed E-state index contributed by atoms with van der Waals surface area (Å²) in [5.41, 5.74) is 2.63. The highest BCUT2D eigenvalue weighted by atomic mass is 16.5. The van der Waals surface area contributed by atoms with Crippen molar-refractivity contribution in [3.05, 3.63) is 84.1 Å². The molecule has 0 unspecified atom stereocenters. The Hall–Kier alpha value is -3.34. The van der Waals surface area contributed by atoms with Gasteiger partial charge in [0.15, 0.2) is 0 Å². The van der Waals surface area contributed by atoms with Crippen LogP contribution in [0.4, 0.5) is 5.69 Å². The number of para-hydroxylation sites is 1. The fourth-order valence-corrected chi connectivity index (χ4v) is 2.33. The van der Waals surface area contributed by atoms with Crippen LogP contribution >= 0.6 is 0 Å². The summed E-state index contributed by atoms with van der Waals surface area (Å²) in [7, 11) is 0. The standard InChI is InChI=1S/C21H20N2O3/c1-2-25-21(24)17-10-13-20(23-15-17)26-19-11-8-16(9-12-19)14-22-18-6-4-3-5-7-18/h3-13,15,22H,2,14H2,1H3. The van der Waals surface area contributed by atoms with E-state index in [2.05, 4.69) is 10.3 Å². The molecule has 0 saturated heterocycles. The number of ether oxygens (including phenoxy) is 2. The minimum atomic E-state index is -0.387. The third-order valence-electron chi connectivity index (χ3n) is 3.66. The lowest BCUT2D eigenvalue weighted by Crippen LogP contribution is -2.04. The van der Waals surface area contributed by atoms with Gasteiger partial charge in [0.25, 0.3) is 0 Å².